The quantitative estimate of drug-likeness (QED) is 0.523. The highest BCUT2D eigenvalue weighted by Crippen LogP contribution is 2.35. The lowest BCUT2D eigenvalue weighted by Gasteiger charge is -2.26. The lowest BCUT2D eigenvalue weighted by atomic mass is 9.99. The van der Waals surface area contributed by atoms with Crippen LogP contribution in [0.1, 0.15) is 50.5 Å². The van der Waals surface area contributed by atoms with Crippen LogP contribution < -0.4 is 11.1 Å². The van der Waals surface area contributed by atoms with E-state index in [1.54, 1.807) is 6.07 Å². The molecule has 1 fully saturated rings. The van der Waals surface area contributed by atoms with Crippen molar-refractivity contribution in [3.05, 3.63) is 48.0 Å². The van der Waals surface area contributed by atoms with E-state index < -0.39 is 42.1 Å². The number of carbonyl (C=O) groups is 2. The van der Waals surface area contributed by atoms with Gasteiger partial charge in [-0.05, 0) is 26.7 Å². The molecule has 2 aromatic rings. The van der Waals surface area contributed by atoms with Crippen molar-refractivity contribution in [1.29, 1.82) is 0 Å². The topological polar surface area (TPSA) is 115 Å². The number of nitrogens with two attached hydrogens (primary N) is 1. The maximum absolute atomic E-state index is 14.8. The number of halogens is 3. The Bertz CT molecular complexity index is 996. The van der Waals surface area contributed by atoms with E-state index in [4.69, 9.17) is 10.5 Å². The maximum atomic E-state index is 14.8. The molecule has 0 saturated carbocycles. The summed E-state index contributed by atoms with van der Waals surface area (Å²) in [6, 6.07) is 6.50. The molecule has 1 saturated heterocycles. The number of nitrogens with one attached hydrogen (secondary N) is 1. The Morgan fingerprint density at radius 3 is 2.63 bits per heavy atom. The minimum Gasteiger partial charge on any atom is -0.447 e. The van der Waals surface area contributed by atoms with Crippen molar-refractivity contribution in [2.75, 3.05) is 19.7 Å². The molecule has 1 aliphatic rings. The van der Waals surface area contributed by atoms with Gasteiger partial charge in [0.15, 0.2) is 0 Å². The van der Waals surface area contributed by atoms with Gasteiger partial charge >= 0.3 is 6.09 Å². The summed E-state index contributed by atoms with van der Waals surface area (Å²) in [6.07, 6.45) is -0.900. The van der Waals surface area contributed by atoms with Gasteiger partial charge in [-0.25, -0.2) is 27.6 Å². The smallest absolute Gasteiger partial charge is 0.409 e. The number of aromatic nitrogens is 3. The first kappa shape index (κ1) is 26.5. The van der Waals surface area contributed by atoms with Crippen molar-refractivity contribution in [2.24, 2.45) is 5.73 Å². The summed E-state index contributed by atoms with van der Waals surface area (Å²) in [5.41, 5.74) is 4.51. The molecular weight excluding hydrogens is 465 g/mol. The van der Waals surface area contributed by atoms with E-state index in [2.05, 4.69) is 15.4 Å². The molecule has 2 amide bonds. The van der Waals surface area contributed by atoms with Gasteiger partial charge in [-0.3, -0.25) is 4.79 Å². The van der Waals surface area contributed by atoms with Crippen molar-refractivity contribution >= 4 is 12.0 Å². The van der Waals surface area contributed by atoms with Crippen LogP contribution in [0.25, 0.3) is 0 Å². The van der Waals surface area contributed by atoms with E-state index in [1.165, 1.54) is 54.0 Å². The Labute approximate surface area is 201 Å². The number of carbonyl (C=O) groups excluding carboxylic acids is 2. The van der Waals surface area contributed by atoms with Crippen LogP contribution in [0, 0.1) is 0 Å². The van der Waals surface area contributed by atoms with Crippen molar-refractivity contribution in [1.82, 2.24) is 25.0 Å². The molecule has 2 heterocycles. The number of amides is 2. The third-order valence-electron chi connectivity index (χ3n) is 5.71. The van der Waals surface area contributed by atoms with Gasteiger partial charge in [0.1, 0.15) is 24.9 Å². The summed E-state index contributed by atoms with van der Waals surface area (Å²) < 4.78 is 49.5. The fourth-order valence-corrected chi connectivity index (χ4v) is 3.67. The first-order valence-electron chi connectivity index (χ1n) is 11.4. The number of benzene rings is 1. The van der Waals surface area contributed by atoms with E-state index in [0.29, 0.717) is 0 Å². The monoisotopic (exact) mass is 496 g/mol. The van der Waals surface area contributed by atoms with Crippen molar-refractivity contribution < 1.29 is 27.5 Å². The number of hydrogen-bond acceptors (Lipinski definition) is 6. The summed E-state index contributed by atoms with van der Waals surface area (Å²) in [5, 5.41) is 6.78. The van der Waals surface area contributed by atoms with Crippen LogP contribution >= 0.6 is 0 Å². The van der Waals surface area contributed by atoms with Crippen LogP contribution in [0.4, 0.5) is 18.0 Å². The van der Waals surface area contributed by atoms with Crippen molar-refractivity contribution in [2.45, 2.75) is 63.3 Å². The number of ether oxygens (including phenoxy) is 1. The second-order valence-corrected chi connectivity index (χ2v) is 9.14. The molecule has 2 atom stereocenters. The van der Waals surface area contributed by atoms with Crippen LogP contribution in [0.2, 0.25) is 0 Å². The predicted molar refractivity (Wildman–Crippen MR) is 121 cm³/mol. The largest absolute Gasteiger partial charge is 0.447 e. The van der Waals surface area contributed by atoms with Gasteiger partial charge in [0.25, 0.3) is 5.92 Å². The molecule has 3 rings (SSSR count). The molecule has 3 N–H and O–H groups in total. The number of nitrogens with zero attached hydrogens (tertiary/aromatic N) is 4. The van der Waals surface area contributed by atoms with Crippen LogP contribution in [0.15, 0.2) is 36.7 Å². The average molecular weight is 497 g/mol. The molecule has 1 aliphatic heterocycles. The molecule has 192 valence electrons. The summed E-state index contributed by atoms with van der Waals surface area (Å²) >= 11 is 0. The number of likely N-dealkylation sites (tertiary alicyclic amines) is 1. The fourth-order valence-electron chi connectivity index (χ4n) is 3.67. The van der Waals surface area contributed by atoms with E-state index in [-0.39, 0.29) is 50.5 Å². The molecule has 0 radical (unpaired) electrons. The maximum Gasteiger partial charge on any atom is 0.409 e. The summed E-state index contributed by atoms with van der Waals surface area (Å²) in [6.45, 7) is 3.26. The second-order valence-electron chi connectivity index (χ2n) is 9.14. The van der Waals surface area contributed by atoms with Crippen molar-refractivity contribution in [3.63, 3.8) is 0 Å². The highest BCUT2D eigenvalue weighted by Gasteiger charge is 2.35. The lowest BCUT2D eigenvalue weighted by molar-refractivity contribution is -0.126. The van der Waals surface area contributed by atoms with Crippen LogP contribution in [-0.4, -0.2) is 63.1 Å². The molecule has 9 nitrogen and oxygen atoms in total. The first-order chi connectivity index (χ1) is 16.5. The molecule has 0 bridgehead atoms. The minimum absolute atomic E-state index is 0.00792. The van der Waals surface area contributed by atoms with Gasteiger partial charge in [-0.2, -0.15) is 5.10 Å². The number of hydrogen-bond donors (Lipinski definition) is 2. The normalized spacial score (nSPS) is 17.3. The van der Waals surface area contributed by atoms with Crippen LogP contribution in [0.5, 0.6) is 0 Å². The Morgan fingerprint density at radius 1 is 1.29 bits per heavy atom. The van der Waals surface area contributed by atoms with Crippen molar-refractivity contribution in [3.8, 4) is 0 Å². The Kier molecular flexibility index (Phi) is 8.36. The van der Waals surface area contributed by atoms with Gasteiger partial charge in [-0.1, -0.05) is 30.3 Å². The molecule has 0 spiro atoms. The van der Waals surface area contributed by atoms with Crippen LogP contribution in [-0.2, 0) is 22.0 Å². The highest BCUT2D eigenvalue weighted by atomic mass is 19.3. The molecule has 0 aliphatic carbocycles. The number of alkyl halides is 3. The first-order valence-corrected chi connectivity index (χ1v) is 11.4. The zero-order valence-corrected chi connectivity index (χ0v) is 19.8. The number of rotatable bonds is 10. The fraction of sp³-hybridized carbons (Fsp3) is 0.565. The molecule has 1 aromatic carbocycles. The molecule has 12 heteroatoms. The Hall–Kier alpha value is -3.15. The molecule has 35 heavy (non-hydrogen) atoms. The molecular formula is C23H31F3N6O3. The van der Waals surface area contributed by atoms with Crippen LogP contribution in [0.3, 0.4) is 0 Å². The lowest BCUT2D eigenvalue weighted by Crippen LogP contribution is -2.50. The zero-order chi connectivity index (χ0) is 25.6. The third-order valence-corrected chi connectivity index (χ3v) is 5.71. The van der Waals surface area contributed by atoms with Gasteiger partial charge in [-0.15, -0.1) is 0 Å². The zero-order valence-electron chi connectivity index (χ0n) is 19.8. The van der Waals surface area contributed by atoms with Gasteiger partial charge in [0, 0.05) is 18.5 Å². The third kappa shape index (κ3) is 7.17. The van der Waals surface area contributed by atoms with Gasteiger partial charge in [0.05, 0.1) is 24.7 Å². The summed E-state index contributed by atoms with van der Waals surface area (Å²) in [5.74, 6) is -3.44. The molecule has 2 unspecified atom stereocenters. The second kappa shape index (κ2) is 11.1. The van der Waals surface area contributed by atoms with E-state index in [9.17, 15) is 22.8 Å². The highest BCUT2D eigenvalue weighted by molar-refractivity contribution is 5.85. The molecule has 1 aromatic heterocycles. The SMILES string of the molecule is CC(C)(N)C(=O)NC(CCC(F)(F)c1ccccc1)c1ncnn1CCOC(=O)N1CCC(F)C1. The van der Waals surface area contributed by atoms with Gasteiger partial charge < -0.3 is 20.7 Å². The van der Waals surface area contributed by atoms with E-state index >= 15 is 0 Å². The average Bonchev–Trinajstić information content (AvgIpc) is 3.45. The predicted octanol–water partition coefficient (Wildman–Crippen LogP) is 2.93. The summed E-state index contributed by atoms with van der Waals surface area (Å²) in [7, 11) is 0. The standard InChI is InChI=1S/C23H31F3N6O3/c1-22(2,27)20(33)30-18(8-10-23(25,26)16-6-4-3-5-7-16)19-28-15-29-32(19)12-13-35-21(34)31-11-9-17(24)14-31/h3-7,15,17-18H,8-14,27H2,1-2H3,(H,30,33). The Morgan fingerprint density at radius 2 is 2.00 bits per heavy atom. The van der Waals surface area contributed by atoms with E-state index in [0.717, 1.165) is 0 Å². The van der Waals surface area contributed by atoms with Gasteiger partial charge in [0.2, 0.25) is 5.91 Å². The van der Waals surface area contributed by atoms with E-state index in [1.807, 2.05) is 0 Å². The Balaban J connectivity index is 1.69. The minimum atomic E-state index is -3.13. The summed E-state index contributed by atoms with van der Waals surface area (Å²) in [4.78, 5) is 30.1.